The van der Waals surface area contributed by atoms with Crippen LogP contribution in [0.15, 0.2) is 0 Å². The summed E-state index contributed by atoms with van der Waals surface area (Å²) in [6.07, 6.45) is 1.96. The predicted molar refractivity (Wildman–Crippen MR) is 47.1 cm³/mol. The smallest absolute Gasteiger partial charge is 0.162 e. The molecule has 12 heavy (non-hydrogen) atoms. The molecule has 0 bridgehead atoms. The molecule has 1 unspecified atom stereocenters. The molecule has 3 nitrogen and oxygen atoms in total. The topological polar surface area (TPSA) is 38.3 Å². The SMILES string of the molecule is CCCOCC(=O)C1CCNC1. The lowest BCUT2D eigenvalue weighted by Gasteiger charge is -2.06. The van der Waals surface area contributed by atoms with Crippen molar-refractivity contribution in [2.75, 3.05) is 26.3 Å². The average molecular weight is 171 g/mol. The van der Waals surface area contributed by atoms with E-state index in [0.717, 1.165) is 25.9 Å². The molecule has 1 N–H and O–H groups in total. The maximum atomic E-state index is 11.4. The van der Waals surface area contributed by atoms with Crippen molar-refractivity contribution in [1.82, 2.24) is 5.32 Å². The highest BCUT2D eigenvalue weighted by atomic mass is 16.5. The van der Waals surface area contributed by atoms with Gasteiger partial charge in [0.05, 0.1) is 0 Å². The standard InChI is InChI=1S/C9H17NO2/c1-2-5-12-7-9(11)8-3-4-10-6-8/h8,10H,2-7H2,1H3. The van der Waals surface area contributed by atoms with Crippen molar-refractivity contribution < 1.29 is 9.53 Å². The summed E-state index contributed by atoms with van der Waals surface area (Å²) in [5, 5.41) is 3.17. The van der Waals surface area contributed by atoms with E-state index in [2.05, 4.69) is 5.32 Å². The number of carbonyl (C=O) groups is 1. The number of rotatable bonds is 5. The van der Waals surface area contributed by atoms with Gasteiger partial charge in [-0.3, -0.25) is 4.79 Å². The third-order valence-electron chi connectivity index (χ3n) is 2.11. The van der Waals surface area contributed by atoms with Gasteiger partial charge in [-0.1, -0.05) is 6.92 Å². The van der Waals surface area contributed by atoms with E-state index in [1.807, 2.05) is 6.92 Å². The summed E-state index contributed by atoms with van der Waals surface area (Å²) in [6, 6.07) is 0. The molecular weight excluding hydrogens is 154 g/mol. The molecule has 70 valence electrons. The van der Waals surface area contributed by atoms with Gasteiger partial charge in [0, 0.05) is 19.1 Å². The van der Waals surface area contributed by atoms with E-state index < -0.39 is 0 Å². The quantitative estimate of drug-likeness (QED) is 0.615. The molecule has 3 heteroatoms. The molecule has 1 fully saturated rings. The first-order chi connectivity index (χ1) is 5.84. The molecule has 0 saturated carbocycles. The van der Waals surface area contributed by atoms with E-state index in [1.54, 1.807) is 0 Å². The Balaban J connectivity index is 2.10. The highest BCUT2D eigenvalue weighted by Crippen LogP contribution is 2.08. The third kappa shape index (κ3) is 2.91. The fourth-order valence-corrected chi connectivity index (χ4v) is 1.36. The summed E-state index contributed by atoms with van der Waals surface area (Å²) < 4.78 is 5.18. The van der Waals surface area contributed by atoms with Crippen LogP contribution in [0.4, 0.5) is 0 Å². The minimum Gasteiger partial charge on any atom is -0.374 e. The second-order valence-corrected chi connectivity index (χ2v) is 3.21. The summed E-state index contributed by atoms with van der Waals surface area (Å²) in [4.78, 5) is 11.4. The van der Waals surface area contributed by atoms with Crippen LogP contribution in [0.5, 0.6) is 0 Å². The van der Waals surface area contributed by atoms with Crippen LogP contribution in [0.2, 0.25) is 0 Å². The van der Waals surface area contributed by atoms with Crippen molar-refractivity contribution in [2.24, 2.45) is 5.92 Å². The summed E-state index contributed by atoms with van der Waals surface area (Å²) >= 11 is 0. The normalized spacial score (nSPS) is 22.9. The lowest BCUT2D eigenvalue weighted by atomic mass is 10.0. The van der Waals surface area contributed by atoms with Crippen LogP contribution in [0.25, 0.3) is 0 Å². The van der Waals surface area contributed by atoms with Crippen LogP contribution in [-0.4, -0.2) is 32.1 Å². The summed E-state index contributed by atoms with van der Waals surface area (Å²) in [5.41, 5.74) is 0. The second-order valence-electron chi connectivity index (χ2n) is 3.21. The molecule has 0 amide bonds. The fraction of sp³-hybridized carbons (Fsp3) is 0.889. The Labute approximate surface area is 73.5 Å². The number of ketones is 1. The molecule has 1 saturated heterocycles. The Morgan fingerprint density at radius 2 is 2.50 bits per heavy atom. The van der Waals surface area contributed by atoms with Gasteiger partial charge in [0.15, 0.2) is 5.78 Å². The number of hydrogen-bond donors (Lipinski definition) is 1. The monoisotopic (exact) mass is 171 g/mol. The largest absolute Gasteiger partial charge is 0.374 e. The number of ether oxygens (including phenoxy) is 1. The number of carbonyl (C=O) groups excluding carboxylic acids is 1. The van der Waals surface area contributed by atoms with E-state index in [9.17, 15) is 4.79 Å². The van der Waals surface area contributed by atoms with Crippen LogP contribution in [0.3, 0.4) is 0 Å². The molecule has 0 aromatic heterocycles. The lowest BCUT2D eigenvalue weighted by Crippen LogP contribution is -2.22. The van der Waals surface area contributed by atoms with Crippen molar-refractivity contribution >= 4 is 5.78 Å². The van der Waals surface area contributed by atoms with Crippen LogP contribution in [-0.2, 0) is 9.53 Å². The highest BCUT2D eigenvalue weighted by Gasteiger charge is 2.21. The minimum atomic E-state index is 0.210. The summed E-state index contributed by atoms with van der Waals surface area (Å²) in [6.45, 7) is 4.87. The molecule has 0 aliphatic carbocycles. The van der Waals surface area contributed by atoms with Gasteiger partial charge in [0.25, 0.3) is 0 Å². The first kappa shape index (κ1) is 9.68. The van der Waals surface area contributed by atoms with Crippen molar-refractivity contribution in [3.8, 4) is 0 Å². The number of nitrogens with one attached hydrogen (secondary N) is 1. The van der Waals surface area contributed by atoms with Crippen LogP contribution in [0, 0.1) is 5.92 Å². The van der Waals surface area contributed by atoms with E-state index in [-0.39, 0.29) is 11.7 Å². The van der Waals surface area contributed by atoms with Crippen molar-refractivity contribution in [1.29, 1.82) is 0 Å². The van der Waals surface area contributed by atoms with Gasteiger partial charge in [-0.25, -0.2) is 0 Å². The van der Waals surface area contributed by atoms with E-state index in [0.29, 0.717) is 13.2 Å². The van der Waals surface area contributed by atoms with E-state index >= 15 is 0 Å². The zero-order valence-electron chi connectivity index (χ0n) is 7.64. The van der Waals surface area contributed by atoms with Crippen molar-refractivity contribution in [3.63, 3.8) is 0 Å². The minimum absolute atomic E-state index is 0.210. The molecule has 0 radical (unpaired) electrons. The fourth-order valence-electron chi connectivity index (χ4n) is 1.36. The maximum absolute atomic E-state index is 11.4. The van der Waals surface area contributed by atoms with Crippen LogP contribution >= 0.6 is 0 Å². The Morgan fingerprint density at radius 1 is 1.67 bits per heavy atom. The van der Waals surface area contributed by atoms with E-state index in [1.165, 1.54) is 0 Å². The summed E-state index contributed by atoms with van der Waals surface area (Å²) in [7, 11) is 0. The molecule has 0 aromatic rings. The number of Topliss-reactive ketones (excluding diaryl/α,β-unsaturated/α-hetero) is 1. The maximum Gasteiger partial charge on any atom is 0.162 e. The highest BCUT2D eigenvalue weighted by molar-refractivity contribution is 5.82. The van der Waals surface area contributed by atoms with E-state index in [4.69, 9.17) is 4.74 Å². The Hall–Kier alpha value is -0.410. The molecule has 1 rings (SSSR count). The Kier molecular flexibility index (Phi) is 4.25. The van der Waals surface area contributed by atoms with Gasteiger partial charge in [-0.15, -0.1) is 0 Å². The second kappa shape index (κ2) is 5.27. The van der Waals surface area contributed by atoms with Crippen LogP contribution in [0.1, 0.15) is 19.8 Å². The lowest BCUT2D eigenvalue weighted by molar-refractivity contribution is -0.126. The molecule has 1 aliphatic heterocycles. The van der Waals surface area contributed by atoms with Crippen LogP contribution < -0.4 is 5.32 Å². The predicted octanol–water partition coefficient (Wildman–Crippen LogP) is 0.592. The van der Waals surface area contributed by atoms with Crippen molar-refractivity contribution in [2.45, 2.75) is 19.8 Å². The third-order valence-corrected chi connectivity index (χ3v) is 2.11. The van der Waals surface area contributed by atoms with Gasteiger partial charge in [-0.2, -0.15) is 0 Å². The molecule has 0 spiro atoms. The first-order valence-electron chi connectivity index (χ1n) is 4.65. The summed E-state index contributed by atoms with van der Waals surface area (Å²) in [5.74, 6) is 0.468. The molecule has 1 aliphatic rings. The molecule has 1 heterocycles. The van der Waals surface area contributed by atoms with Gasteiger partial charge in [-0.05, 0) is 19.4 Å². The molecule has 1 atom stereocenters. The Bertz CT molecular complexity index is 141. The molecule has 0 aromatic carbocycles. The van der Waals surface area contributed by atoms with Gasteiger partial charge in [0.1, 0.15) is 6.61 Å². The average Bonchev–Trinajstić information content (AvgIpc) is 2.56. The Morgan fingerprint density at radius 3 is 3.08 bits per heavy atom. The number of hydrogen-bond acceptors (Lipinski definition) is 3. The zero-order valence-corrected chi connectivity index (χ0v) is 7.64. The molecular formula is C9H17NO2. The first-order valence-corrected chi connectivity index (χ1v) is 4.65. The van der Waals surface area contributed by atoms with Gasteiger partial charge < -0.3 is 10.1 Å². The van der Waals surface area contributed by atoms with Gasteiger partial charge in [0.2, 0.25) is 0 Å². The van der Waals surface area contributed by atoms with Gasteiger partial charge >= 0.3 is 0 Å². The zero-order chi connectivity index (χ0) is 8.81. The van der Waals surface area contributed by atoms with Crippen molar-refractivity contribution in [3.05, 3.63) is 0 Å².